The Labute approximate surface area is 170 Å². The summed E-state index contributed by atoms with van der Waals surface area (Å²) in [5.41, 5.74) is 2.28. The number of nitrogens with one attached hydrogen (secondary N) is 1. The second-order valence-corrected chi connectivity index (χ2v) is 7.12. The lowest BCUT2D eigenvalue weighted by atomic mass is 10.2. The summed E-state index contributed by atoms with van der Waals surface area (Å²) in [5.74, 6) is 1.59. The Morgan fingerprint density at radius 1 is 0.897 bits per heavy atom. The Morgan fingerprint density at radius 2 is 1.59 bits per heavy atom. The quantitative estimate of drug-likeness (QED) is 0.716. The monoisotopic (exact) mass is 388 g/mol. The first kappa shape index (κ1) is 19.0. The highest BCUT2D eigenvalue weighted by molar-refractivity contribution is 5.95. The molecule has 0 atom stereocenters. The van der Waals surface area contributed by atoms with Crippen LogP contribution in [0.15, 0.2) is 73.1 Å². The Morgan fingerprint density at radius 3 is 2.31 bits per heavy atom. The van der Waals surface area contributed by atoms with E-state index < -0.39 is 0 Å². The fraction of sp³-hybridized carbons (Fsp3) is 0.217. The molecule has 0 unspecified atom stereocenters. The number of carbonyl (C=O) groups excluding carboxylic acids is 1. The van der Waals surface area contributed by atoms with E-state index in [0.717, 1.165) is 49.1 Å². The van der Waals surface area contributed by atoms with Crippen molar-refractivity contribution in [2.24, 2.45) is 0 Å². The van der Waals surface area contributed by atoms with Crippen LogP contribution in [0.25, 0.3) is 0 Å². The average Bonchev–Trinajstić information content (AvgIpc) is 2.76. The third kappa shape index (κ3) is 4.92. The molecular formula is C23H24N4O2. The van der Waals surface area contributed by atoms with E-state index in [1.54, 1.807) is 12.4 Å². The molecule has 1 aliphatic rings. The summed E-state index contributed by atoms with van der Waals surface area (Å²) in [6.45, 7) is 3.29. The van der Waals surface area contributed by atoms with Crippen LogP contribution in [0.2, 0.25) is 0 Å². The lowest BCUT2D eigenvalue weighted by Gasteiger charge is -2.32. The Balaban J connectivity index is 1.40. The topological polar surface area (TPSA) is 57.7 Å². The normalized spacial score (nSPS) is 14.4. The van der Waals surface area contributed by atoms with Gasteiger partial charge in [-0.1, -0.05) is 18.2 Å². The molecule has 3 aromatic rings. The van der Waals surface area contributed by atoms with Gasteiger partial charge in [-0.3, -0.25) is 9.78 Å². The van der Waals surface area contributed by atoms with Crippen molar-refractivity contribution < 1.29 is 9.53 Å². The number of anilines is 2. The molecule has 1 aliphatic heterocycles. The number of ether oxygens (including phenoxy) is 1. The van der Waals surface area contributed by atoms with Crippen LogP contribution < -0.4 is 10.1 Å². The van der Waals surface area contributed by atoms with Gasteiger partial charge in [-0.15, -0.1) is 0 Å². The van der Waals surface area contributed by atoms with Crippen molar-refractivity contribution in [3.05, 3.63) is 78.6 Å². The van der Waals surface area contributed by atoms with Gasteiger partial charge < -0.3 is 19.9 Å². The van der Waals surface area contributed by atoms with Crippen LogP contribution in [0.3, 0.4) is 0 Å². The number of carbonyl (C=O) groups is 1. The second kappa shape index (κ2) is 8.75. The first-order valence-corrected chi connectivity index (χ1v) is 9.70. The van der Waals surface area contributed by atoms with Crippen LogP contribution in [-0.2, 0) is 0 Å². The van der Waals surface area contributed by atoms with E-state index in [-0.39, 0.29) is 5.91 Å². The summed E-state index contributed by atoms with van der Waals surface area (Å²) in [6.07, 6.45) is 3.35. The standard InChI is InChI=1S/C23H24N4O2/c1-26-11-13-27(14-12-26)23(28)18-15-20(17-24-16-18)25-19-7-9-22(10-8-19)29-21-5-3-2-4-6-21/h2-10,15-17,25H,11-14H2,1H3. The van der Waals surface area contributed by atoms with Gasteiger partial charge in [0.2, 0.25) is 0 Å². The van der Waals surface area contributed by atoms with Crippen molar-refractivity contribution >= 4 is 17.3 Å². The minimum Gasteiger partial charge on any atom is -0.457 e. The molecular weight excluding hydrogens is 364 g/mol. The van der Waals surface area contributed by atoms with Crippen LogP contribution in [-0.4, -0.2) is 53.9 Å². The van der Waals surface area contributed by atoms with Gasteiger partial charge in [0.25, 0.3) is 5.91 Å². The molecule has 4 rings (SSSR count). The fourth-order valence-corrected chi connectivity index (χ4v) is 3.21. The van der Waals surface area contributed by atoms with Crippen molar-refractivity contribution in [2.45, 2.75) is 0 Å². The van der Waals surface area contributed by atoms with Gasteiger partial charge in [0.15, 0.2) is 0 Å². The highest BCUT2D eigenvalue weighted by Gasteiger charge is 2.20. The largest absolute Gasteiger partial charge is 0.457 e. The Hall–Kier alpha value is -3.38. The minimum absolute atomic E-state index is 0.0286. The van der Waals surface area contributed by atoms with Gasteiger partial charge in [-0.25, -0.2) is 0 Å². The molecule has 1 N–H and O–H groups in total. The molecule has 2 heterocycles. The van der Waals surface area contributed by atoms with Gasteiger partial charge >= 0.3 is 0 Å². The van der Waals surface area contributed by atoms with E-state index in [2.05, 4.69) is 22.2 Å². The van der Waals surface area contributed by atoms with Crippen molar-refractivity contribution in [3.8, 4) is 11.5 Å². The number of rotatable bonds is 5. The predicted octanol–water partition coefficient (Wildman–Crippen LogP) is 4.01. The summed E-state index contributed by atoms with van der Waals surface area (Å²) < 4.78 is 5.82. The molecule has 1 fully saturated rings. The van der Waals surface area contributed by atoms with Gasteiger partial charge in [0.05, 0.1) is 17.4 Å². The molecule has 0 aliphatic carbocycles. The fourth-order valence-electron chi connectivity index (χ4n) is 3.21. The minimum atomic E-state index is 0.0286. The first-order valence-electron chi connectivity index (χ1n) is 9.70. The number of para-hydroxylation sites is 1. The van der Waals surface area contributed by atoms with E-state index in [1.165, 1.54) is 0 Å². The van der Waals surface area contributed by atoms with E-state index in [4.69, 9.17) is 4.74 Å². The van der Waals surface area contributed by atoms with E-state index in [0.29, 0.717) is 5.56 Å². The molecule has 0 bridgehead atoms. The highest BCUT2D eigenvalue weighted by Crippen LogP contribution is 2.24. The maximum absolute atomic E-state index is 12.8. The molecule has 6 nitrogen and oxygen atoms in total. The number of piperazine rings is 1. The molecule has 1 aromatic heterocycles. The number of amides is 1. The van der Waals surface area contributed by atoms with Crippen LogP contribution in [0.5, 0.6) is 11.5 Å². The lowest BCUT2D eigenvalue weighted by Crippen LogP contribution is -2.47. The molecule has 0 spiro atoms. The molecule has 0 radical (unpaired) electrons. The number of nitrogens with zero attached hydrogens (tertiary/aromatic N) is 3. The second-order valence-electron chi connectivity index (χ2n) is 7.12. The van der Waals surface area contributed by atoms with Crippen molar-refractivity contribution in [2.75, 3.05) is 38.5 Å². The van der Waals surface area contributed by atoms with E-state index >= 15 is 0 Å². The van der Waals surface area contributed by atoms with Gasteiger partial charge in [0, 0.05) is 38.1 Å². The number of hydrogen-bond acceptors (Lipinski definition) is 5. The summed E-state index contributed by atoms with van der Waals surface area (Å²) in [6, 6.07) is 19.2. The first-order chi connectivity index (χ1) is 14.2. The third-order valence-electron chi connectivity index (χ3n) is 4.90. The summed E-state index contributed by atoms with van der Waals surface area (Å²) in [4.78, 5) is 21.1. The van der Waals surface area contributed by atoms with Crippen molar-refractivity contribution in [1.29, 1.82) is 0 Å². The van der Waals surface area contributed by atoms with E-state index in [9.17, 15) is 4.79 Å². The molecule has 29 heavy (non-hydrogen) atoms. The van der Waals surface area contributed by atoms with Crippen LogP contribution >= 0.6 is 0 Å². The molecule has 0 saturated carbocycles. The zero-order chi connectivity index (χ0) is 20.1. The van der Waals surface area contributed by atoms with Crippen LogP contribution in [0, 0.1) is 0 Å². The number of aromatic nitrogens is 1. The van der Waals surface area contributed by atoms with Crippen LogP contribution in [0.4, 0.5) is 11.4 Å². The zero-order valence-corrected chi connectivity index (χ0v) is 16.4. The van der Waals surface area contributed by atoms with Gasteiger partial charge in [-0.05, 0) is 49.5 Å². The SMILES string of the molecule is CN1CCN(C(=O)c2cncc(Nc3ccc(Oc4ccccc4)cc3)c2)CC1. The van der Waals surface area contributed by atoms with Gasteiger partial charge in [0.1, 0.15) is 11.5 Å². The average molecular weight is 388 g/mol. The van der Waals surface area contributed by atoms with Crippen molar-refractivity contribution in [1.82, 2.24) is 14.8 Å². The van der Waals surface area contributed by atoms with Gasteiger partial charge in [-0.2, -0.15) is 0 Å². The highest BCUT2D eigenvalue weighted by atomic mass is 16.5. The number of likely N-dealkylation sites (N-methyl/N-ethyl adjacent to an activating group) is 1. The number of benzene rings is 2. The maximum atomic E-state index is 12.8. The Kier molecular flexibility index (Phi) is 5.72. The molecule has 148 valence electrons. The number of pyridine rings is 1. The summed E-state index contributed by atoms with van der Waals surface area (Å²) in [7, 11) is 2.07. The molecule has 2 aromatic carbocycles. The third-order valence-corrected chi connectivity index (χ3v) is 4.90. The van der Waals surface area contributed by atoms with E-state index in [1.807, 2.05) is 65.6 Å². The number of hydrogen-bond donors (Lipinski definition) is 1. The maximum Gasteiger partial charge on any atom is 0.255 e. The molecule has 1 saturated heterocycles. The Bertz CT molecular complexity index is 952. The lowest BCUT2D eigenvalue weighted by molar-refractivity contribution is 0.0663. The summed E-state index contributed by atoms with van der Waals surface area (Å²) in [5, 5.41) is 3.30. The smallest absolute Gasteiger partial charge is 0.255 e. The summed E-state index contributed by atoms with van der Waals surface area (Å²) >= 11 is 0. The van der Waals surface area contributed by atoms with Crippen molar-refractivity contribution in [3.63, 3.8) is 0 Å². The molecule has 6 heteroatoms. The predicted molar refractivity (Wildman–Crippen MR) is 114 cm³/mol. The zero-order valence-electron chi connectivity index (χ0n) is 16.4. The van der Waals surface area contributed by atoms with Crippen LogP contribution in [0.1, 0.15) is 10.4 Å². The molecule has 1 amide bonds.